The predicted molar refractivity (Wildman–Crippen MR) is 79.3 cm³/mol. The van der Waals surface area contributed by atoms with E-state index in [9.17, 15) is 4.79 Å². The number of likely N-dealkylation sites (tertiary alicyclic amines) is 1. The summed E-state index contributed by atoms with van der Waals surface area (Å²) in [5, 5.41) is 0. The van der Waals surface area contributed by atoms with Crippen molar-refractivity contribution in [2.75, 3.05) is 19.6 Å². The molecule has 0 radical (unpaired) electrons. The second-order valence-corrected chi connectivity index (χ2v) is 5.29. The van der Waals surface area contributed by atoms with Crippen LogP contribution in [0.15, 0.2) is 42.5 Å². The van der Waals surface area contributed by atoms with Gasteiger partial charge in [0.15, 0.2) is 0 Å². The highest BCUT2D eigenvalue weighted by Gasteiger charge is 2.26. The molecule has 1 aliphatic rings. The highest BCUT2D eigenvalue weighted by molar-refractivity contribution is 5.93. The summed E-state index contributed by atoms with van der Waals surface area (Å²) in [5.41, 5.74) is 8.39. The quantitative estimate of drug-likeness (QED) is 0.896. The van der Waals surface area contributed by atoms with Crippen molar-refractivity contribution >= 4 is 5.91 Å². The van der Waals surface area contributed by atoms with Crippen molar-refractivity contribution in [1.82, 2.24) is 9.88 Å². The molecule has 2 aromatic rings. The summed E-state index contributed by atoms with van der Waals surface area (Å²) in [7, 11) is 0. The Labute approximate surface area is 118 Å². The van der Waals surface area contributed by atoms with Crippen LogP contribution in [0, 0.1) is 5.92 Å². The van der Waals surface area contributed by atoms with Gasteiger partial charge in [-0.3, -0.25) is 4.79 Å². The van der Waals surface area contributed by atoms with Crippen LogP contribution in [-0.2, 0) is 0 Å². The van der Waals surface area contributed by atoms with Crippen LogP contribution in [0.25, 0.3) is 11.3 Å². The van der Waals surface area contributed by atoms with Crippen molar-refractivity contribution in [1.29, 1.82) is 0 Å². The Morgan fingerprint density at radius 1 is 1.25 bits per heavy atom. The van der Waals surface area contributed by atoms with Gasteiger partial charge in [-0.15, -0.1) is 0 Å². The van der Waals surface area contributed by atoms with Crippen LogP contribution < -0.4 is 5.73 Å². The number of hydrogen-bond donors (Lipinski definition) is 2. The van der Waals surface area contributed by atoms with Crippen LogP contribution in [0.4, 0.5) is 0 Å². The maximum atomic E-state index is 12.4. The SMILES string of the molecule is NCC1CCN(C(=O)c2ccc(-c3ccccc3)[nH]2)C1. The summed E-state index contributed by atoms with van der Waals surface area (Å²) in [6, 6.07) is 13.8. The van der Waals surface area contributed by atoms with Gasteiger partial charge in [-0.1, -0.05) is 30.3 Å². The van der Waals surface area contributed by atoms with Gasteiger partial charge < -0.3 is 15.6 Å². The highest BCUT2D eigenvalue weighted by atomic mass is 16.2. The van der Waals surface area contributed by atoms with Gasteiger partial charge in [-0.25, -0.2) is 0 Å². The summed E-state index contributed by atoms with van der Waals surface area (Å²) in [4.78, 5) is 17.5. The number of nitrogens with zero attached hydrogens (tertiary/aromatic N) is 1. The van der Waals surface area contributed by atoms with Gasteiger partial charge in [-0.05, 0) is 36.6 Å². The molecule has 4 heteroatoms. The monoisotopic (exact) mass is 269 g/mol. The van der Waals surface area contributed by atoms with E-state index < -0.39 is 0 Å². The average molecular weight is 269 g/mol. The van der Waals surface area contributed by atoms with E-state index in [1.165, 1.54) is 0 Å². The lowest BCUT2D eigenvalue weighted by Crippen LogP contribution is -2.30. The van der Waals surface area contributed by atoms with Crippen LogP contribution >= 0.6 is 0 Å². The Kier molecular flexibility index (Phi) is 3.56. The molecule has 3 rings (SSSR count). The van der Waals surface area contributed by atoms with Crippen LogP contribution in [0.2, 0.25) is 0 Å². The Balaban J connectivity index is 1.76. The molecule has 0 saturated carbocycles. The van der Waals surface area contributed by atoms with E-state index in [2.05, 4.69) is 4.98 Å². The van der Waals surface area contributed by atoms with Crippen LogP contribution in [0.3, 0.4) is 0 Å². The first-order chi connectivity index (χ1) is 9.78. The smallest absolute Gasteiger partial charge is 0.270 e. The maximum Gasteiger partial charge on any atom is 0.270 e. The number of amides is 1. The van der Waals surface area contributed by atoms with Gasteiger partial charge >= 0.3 is 0 Å². The summed E-state index contributed by atoms with van der Waals surface area (Å²) >= 11 is 0. The molecule has 1 atom stereocenters. The molecule has 0 spiro atoms. The Bertz CT molecular complexity index is 591. The zero-order valence-electron chi connectivity index (χ0n) is 11.4. The number of aromatic nitrogens is 1. The van der Waals surface area contributed by atoms with Crippen molar-refractivity contribution in [2.45, 2.75) is 6.42 Å². The Morgan fingerprint density at radius 3 is 2.75 bits per heavy atom. The van der Waals surface area contributed by atoms with Gasteiger partial charge in [0.1, 0.15) is 5.69 Å². The molecule has 1 unspecified atom stereocenters. The molecule has 1 amide bonds. The second kappa shape index (κ2) is 5.51. The molecular formula is C16H19N3O. The molecule has 0 aliphatic carbocycles. The third-order valence-electron chi connectivity index (χ3n) is 3.91. The Hall–Kier alpha value is -2.07. The minimum absolute atomic E-state index is 0.0723. The first kappa shape index (κ1) is 12.9. The van der Waals surface area contributed by atoms with Gasteiger partial charge in [0.05, 0.1) is 0 Å². The number of H-pyrrole nitrogens is 1. The average Bonchev–Trinajstić information content (AvgIpc) is 3.17. The zero-order valence-corrected chi connectivity index (χ0v) is 11.4. The summed E-state index contributed by atoms with van der Waals surface area (Å²) in [6.07, 6.45) is 1.01. The lowest BCUT2D eigenvalue weighted by molar-refractivity contribution is 0.0782. The number of nitrogens with one attached hydrogen (secondary N) is 1. The minimum Gasteiger partial charge on any atom is -0.351 e. The van der Waals surface area contributed by atoms with Crippen molar-refractivity contribution in [2.24, 2.45) is 11.7 Å². The highest BCUT2D eigenvalue weighted by Crippen LogP contribution is 2.21. The largest absolute Gasteiger partial charge is 0.351 e. The fourth-order valence-electron chi connectivity index (χ4n) is 2.69. The molecule has 1 aromatic heterocycles. The predicted octanol–water partition coefficient (Wildman–Crippen LogP) is 2.10. The minimum atomic E-state index is 0.0723. The third-order valence-corrected chi connectivity index (χ3v) is 3.91. The summed E-state index contributed by atoms with van der Waals surface area (Å²) < 4.78 is 0. The zero-order chi connectivity index (χ0) is 13.9. The molecule has 3 N–H and O–H groups in total. The fourth-order valence-corrected chi connectivity index (χ4v) is 2.69. The van der Waals surface area contributed by atoms with Crippen LogP contribution in [0.1, 0.15) is 16.9 Å². The summed E-state index contributed by atoms with van der Waals surface area (Å²) in [6.45, 7) is 2.24. The van der Waals surface area contributed by atoms with Crippen molar-refractivity contribution in [3.05, 3.63) is 48.2 Å². The van der Waals surface area contributed by atoms with E-state index in [0.717, 1.165) is 30.8 Å². The first-order valence-electron chi connectivity index (χ1n) is 7.01. The van der Waals surface area contributed by atoms with Crippen molar-refractivity contribution < 1.29 is 4.79 Å². The van der Waals surface area contributed by atoms with E-state index in [-0.39, 0.29) is 5.91 Å². The van der Waals surface area contributed by atoms with Crippen molar-refractivity contribution in [3.8, 4) is 11.3 Å². The van der Waals surface area contributed by atoms with E-state index in [1.54, 1.807) is 0 Å². The number of nitrogens with two attached hydrogens (primary N) is 1. The molecule has 2 heterocycles. The van der Waals surface area contributed by atoms with Gasteiger partial charge in [0, 0.05) is 18.8 Å². The first-order valence-corrected chi connectivity index (χ1v) is 7.01. The van der Waals surface area contributed by atoms with E-state index in [1.807, 2.05) is 47.4 Å². The lowest BCUT2D eigenvalue weighted by Gasteiger charge is -2.15. The number of rotatable bonds is 3. The molecule has 0 bridgehead atoms. The maximum absolute atomic E-state index is 12.4. The molecule has 104 valence electrons. The number of benzene rings is 1. The molecule has 4 nitrogen and oxygen atoms in total. The molecule has 1 fully saturated rings. The van der Waals surface area contributed by atoms with Crippen LogP contribution in [0.5, 0.6) is 0 Å². The number of carbonyl (C=O) groups is 1. The molecule has 1 saturated heterocycles. The van der Waals surface area contributed by atoms with Gasteiger partial charge in [-0.2, -0.15) is 0 Å². The topological polar surface area (TPSA) is 62.1 Å². The number of hydrogen-bond acceptors (Lipinski definition) is 2. The number of aromatic amines is 1. The molecule has 1 aliphatic heterocycles. The second-order valence-electron chi connectivity index (χ2n) is 5.29. The molecule has 1 aromatic carbocycles. The van der Waals surface area contributed by atoms with Crippen LogP contribution in [-0.4, -0.2) is 35.4 Å². The van der Waals surface area contributed by atoms with E-state index in [4.69, 9.17) is 5.73 Å². The normalized spacial score (nSPS) is 18.4. The fraction of sp³-hybridized carbons (Fsp3) is 0.312. The third kappa shape index (κ3) is 2.47. The summed E-state index contributed by atoms with van der Waals surface area (Å²) in [5.74, 6) is 0.519. The standard InChI is InChI=1S/C16H19N3O/c17-10-12-8-9-19(11-12)16(20)15-7-6-14(18-15)13-4-2-1-3-5-13/h1-7,12,18H,8-11,17H2. The number of carbonyl (C=O) groups excluding carboxylic acids is 1. The molecular weight excluding hydrogens is 250 g/mol. The lowest BCUT2D eigenvalue weighted by atomic mass is 10.1. The van der Waals surface area contributed by atoms with Crippen molar-refractivity contribution in [3.63, 3.8) is 0 Å². The van der Waals surface area contributed by atoms with Gasteiger partial charge in [0.2, 0.25) is 0 Å². The van der Waals surface area contributed by atoms with Gasteiger partial charge in [0.25, 0.3) is 5.91 Å². The van der Waals surface area contributed by atoms with E-state index >= 15 is 0 Å². The Morgan fingerprint density at radius 2 is 2.05 bits per heavy atom. The molecule has 20 heavy (non-hydrogen) atoms. The van der Waals surface area contributed by atoms with E-state index in [0.29, 0.717) is 18.2 Å².